The largest absolute Gasteiger partial charge is 0.355 e. The maximum Gasteiger partial charge on any atom is 0.191 e. The minimum absolute atomic E-state index is 0. The van der Waals surface area contributed by atoms with E-state index in [1.807, 2.05) is 0 Å². The van der Waals surface area contributed by atoms with Crippen molar-refractivity contribution >= 4 is 29.9 Å². The van der Waals surface area contributed by atoms with E-state index in [1.54, 1.807) is 19.2 Å². The molecule has 0 aliphatic heterocycles. The summed E-state index contributed by atoms with van der Waals surface area (Å²) in [5, 5.41) is 6.56. The first-order chi connectivity index (χ1) is 10.2. The van der Waals surface area contributed by atoms with Crippen LogP contribution in [-0.2, 0) is 6.54 Å². The number of guanidine groups is 1. The highest BCUT2D eigenvalue weighted by atomic mass is 127. The molecule has 1 aliphatic rings. The van der Waals surface area contributed by atoms with Crippen LogP contribution in [0.25, 0.3) is 0 Å². The fourth-order valence-corrected chi connectivity index (χ4v) is 2.37. The molecule has 0 heterocycles. The van der Waals surface area contributed by atoms with E-state index >= 15 is 0 Å². The molecule has 0 atom stereocenters. The highest BCUT2D eigenvalue weighted by molar-refractivity contribution is 14.0. The summed E-state index contributed by atoms with van der Waals surface area (Å²) in [6, 6.07) is 7.30. The first-order valence-corrected chi connectivity index (χ1v) is 7.66. The summed E-state index contributed by atoms with van der Waals surface area (Å²) in [7, 11) is 1.76. The molecular weight excluding hydrogens is 394 g/mol. The van der Waals surface area contributed by atoms with Gasteiger partial charge >= 0.3 is 0 Å². The summed E-state index contributed by atoms with van der Waals surface area (Å²) in [5.74, 6) is 0.576. The van der Waals surface area contributed by atoms with Crippen molar-refractivity contribution in [2.24, 2.45) is 4.99 Å². The fraction of sp³-hybridized carbons (Fsp3) is 0.562. The molecule has 0 spiro atoms. The Hall–Kier alpha value is -0.890. The summed E-state index contributed by atoms with van der Waals surface area (Å²) < 4.78 is 12.8. The minimum atomic E-state index is -0.207. The van der Waals surface area contributed by atoms with Crippen LogP contribution in [0.4, 0.5) is 4.39 Å². The van der Waals surface area contributed by atoms with Gasteiger partial charge in [-0.2, -0.15) is 0 Å². The van der Waals surface area contributed by atoms with Crippen LogP contribution in [0.5, 0.6) is 0 Å². The van der Waals surface area contributed by atoms with E-state index in [-0.39, 0.29) is 29.8 Å². The Morgan fingerprint density at radius 3 is 2.50 bits per heavy atom. The van der Waals surface area contributed by atoms with Crippen LogP contribution in [0.3, 0.4) is 0 Å². The van der Waals surface area contributed by atoms with Crippen LogP contribution in [0.1, 0.15) is 25.3 Å². The molecule has 0 unspecified atom stereocenters. The molecule has 1 fully saturated rings. The third kappa shape index (κ3) is 6.48. The van der Waals surface area contributed by atoms with E-state index in [0.717, 1.165) is 37.2 Å². The molecule has 0 radical (unpaired) electrons. The number of nitrogens with one attached hydrogen (secondary N) is 2. The van der Waals surface area contributed by atoms with Crippen LogP contribution in [0.2, 0.25) is 0 Å². The molecule has 22 heavy (non-hydrogen) atoms. The van der Waals surface area contributed by atoms with Crippen molar-refractivity contribution in [3.63, 3.8) is 0 Å². The van der Waals surface area contributed by atoms with Crippen LogP contribution >= 0.6 is 24.0 Å². The van der Waals surface area contributed by atoms with Gasteiger partial charge in [-0.3, -0.25) is 9.89 Å². The Morgan fingerprint density at radius 1 is 1.27 bits per heavy atom. The molecule has 2 rings (SSSR count). The number of aliphatic imine (C=N–C) groups is 1. The maximum absolute atomic E-state index is 12.8. The number of rotatable bonds is 7. The second kappa shape index (κ2) is 9.99. The number of nitrogens with zero attached hydrogens (tertiary/aromatic N) is 2. The van der Waals surface area contributed by atoms with E-state index < -0.39 is 0 Å². The molecule has 1 aromatic carbocycles. The topological polar surface area (TPSA) is 39.7 Å². The predicted molar refractivity (Wildman–Crippen MR) is 100 cm³/mol. The molecule has 4 nitrogen and oxygen atoms in total. The lowest BCUT2D eigenvalue weighted by molar-refractivity contribution is 0.282. The predicted octanol–water partition coefficient (Wildman–Crippen LogP) is 2.59. The molecule has 0 saturated heterocycles. The Bertz CT molecular complexity index is 460. The highest BCUT2D eigenvalue weighted by Gasteiger charge is 2.27. The first-order valence-electron chi connectivity index (χ1n) is 7.66. The maximum atomic E-state index is 12.8. The summed E-state index contributed by atoms with van der Waals surface area (Å²) >= 11 is 0. The van der Waals surface area contributed by atoms with Crippen LogP contribution in [0, 0.1) is 5.82 Å². The van der Waals surface area contributed by atoms with E-state index in [2.05, 4.69) is 27.4 Å². The van der Waals surface area contributed by atoms with E-state index in [0.29, 0.717) is 6.54 Å². The zero-order valence-corrected chi connectivity index (χ0v) is 15.6. The lowest BCUT2D eigenvalue weighted by atomic mass is 10.2. The van der Waals surface area contributed by atoms with Crippen molar-refractivity contribution in [2.45, 2.75) is 32.4 Å². The van der Waals surface area contributed by atoms with Crippen LogP contribution in [0.15, 0.2) is 29.3 Å². The van der Waals surface area contributed by atoms with E-state index in [1.165, 1.54) is 25.0 Å². The van der Waals surface area contributed by atoms with Gasteiger partial charge in [0.25, 0.3) is 0 Å². The summed E-state index contributed by atoms with van der Waals surface area (Å²) in [6.45, 7) is 5.87. The summed E-state index contributed by atoms with van der Waals surface area (Å²) in [4.78, 5) is 6.71. The SMILES string of the molecule is CCN(CCNC(=NC)NCc1ccc(F)cc1)C1CC1.I. The van der Waals surface area contributed by atoms with Crippen molar-refractivity contribution in [3.8, 4) is 0 Å². The second-order valence-electron chi connectivity index (χ2n) is 5.34. The zero-order chi connectivity index (χ0) is 15.1. The molecule has 0 aromatic heterocycles. The molecule has 0 bridgehead atoms. The van der Waals surface area contributed by atoms with Crippen molar-refractivity contribution in [3.05, 3.63) is 35.6 Å². The normalized spacial score (nSPS) is 14.6. The minimum Gasteiger partial charge on any atom is -0.355 e. The molecule has 1 aromatic rings. The van der Waals surface area contributed by atoms with Gasteiger partial charge in [-0.05, 0) is 37.1 Å². The van der Waals surface area contributed by atoms with Crippen molar-refractivity contribution in [2.75, 3.05) is 26.7 Å². The smallest absolute Gasteiger partial charge is 0.191 e. The van der Waals surface area contributed by atoms with Gasteiger partial charge in [-0.15, -0.1) is 24.0 Å². The first kappa shape index (κ1) is 19.2. The van der Waals surface area contributed by atoms with Crippen molar-refractivity contribution < 1.29 is 4.39 Å². The third-order valence-corrected chi connectivity index (χ3v) is 3.76. The summed E-state index contributed by atoms with van der Waals surface area (Å²) in [6.07, 6.45) is 2.68. The van der Waals surface area contributed by atoms with E-state index in [9.17, 15) is 4.39 Å². The number of benzene rings is 1. The lowest BCUT2D eigenvalue weighted by Gasteiger charge is -2.20. The monoisotopic (exact) mass is 420 g/mol. The standard InChI is InChI=1S/C16H25FN4.HI/c1-3-21(15-8-9-15)11-10-19-16(18-2)20-12-13-4-6-14(17)7-5-13;/h4-7,15H,3,8-12H2,1-2H3,(H2,18,19,20);1H. The third-order valence-electron chi connectivity index (χ3n) is 3.76. The molecule has 0 amide bonds. The van der Waals surface area contributed by atoms with Gasteiger partial charge in [0, 0.05) is 32.7 Å². The summed E-state index contributed by atoms with van der Waals surface area (Å²) in [5.41, 5.74) is 1.03. The fourth-order valence-electron chi connectivity index (χ4n) is 2.37. The number of likely N-dealkylation sites (N-methyl/N-ethyl adjacent to an activating group) is 1. The van der Waals surface area contributed by atoms with Gasteiger partial charge in [-0.25, -0.2) is 4.39 Å². The Morgan fingerprint density at radius 2 is 1.95 bits per heavy atom. The number of hydrogen-bond donors (Lipinski definition) is 2. The van der Waals surface area contributed by atoms with Gasteiger partial charge in [0.15, 0.2) is 5.96 Å². The second-order valence-corrected chi connectivity index (χ2v) is 5.34. The average Bonchev–Trinajstić information content (AvgIpc) is 3.33. The lowest BCUT2D eigenvalue weighted by Crippen LogP contribution is -2.41. The van der Waals surface area contributed by atoms with Gasteiger partial charge in [-0.1, -0.05) is 19.1 Å². The Labute approximate surface area is 149 Å². The highest BCUT2D eigenvalue weighted by Crippen LogP contribution is 2.25. The molecule has 2 N–H and O–H groups in total. The molecule has 124 valence electrons. The van der Waals surface area contributed by atoms with Gasteiger partial charge < -0.3 is 10.6 Å². The Kier molecular flexibility index (Phi) is 8.70. The van der Waals surface area contributed by atoms with Crippen LogP contribution < -0.4 is 10.6 Å². The number of halogens is 2. The Balaban J connectivity index is 0.00000242. The quantitative estimate of drug-likeness (QED) is 0.405. The molecular formula is C16H26FIN4. The van der Waals surface area contributed by atoms with Crippen molar-refractivity contribution in [1.82, 2.24) is 15.5 Å². The zero-order valence-electron chi connectivity index (χ0n) is 13.3. The molecule has 6 heteroatoms. The number of hydrogen-bond acceptors (Lipinski definition) is 2. The molecule has 1 aliphatic carbocycles. The van der Waals surface area contributed by atoms with Gasteiger partial charge in [0.2, 0.25) is 0 Å². The van der Waals surface area contributed by atoms with Gasteiger partial charge in [0.05, 0.1) is 0 Å². The molecule has 1 saturated carbocycles. The van der Waals surface area contributed by atoms with E-state index in [4.69, 9.17) is 0 Å². The van der Waals surface area contributed by atoms with Gasteiger partial charge in [0.1, 0.15) is 5.82 Å². The average molecular weight is 420 g/mol. The van der Waals surface area contributed by atoms with Crippen LogP contribution in [-0.4, -0.2) is 43.6 Å². The van der Waals surface area contributed by atoms with Crippen molar-refractivity contribution in [1.29, 1.82) is 0 Å².